The van der Waals surface area contributed by atoms with Crippen LogP contribution in [0.3, 0.4) is 0 Å². The van der Waals surface area contributed by atoms with E-state index in [-0.39, 0.29) is 17.7 Å². The highest BCUT2D eigenvalue weighted by molar-refractivity contribution is 9.10. The fraction of sp³-hybridized carbons (Fsp3) is 0.381. The lowest BCUT2D eigenvalue weighted by Gasteiger charge is -2.30. The second kappa shape index (κ2) is 10.4. The summed E-state index contributed by atoms with van der Waals surface area (Å²) in [7, 11) is 1.62. The van der Waals surface area contributed by atoms with Gasteiger partial charge >= 0.3 is 0 Å². The molecule has 2 N–H and O–H groups in total. The van der Waals surface area contributed by atoms with Crippen molar-refractivity contribution in [2.24, 2.45) is 5.92 Å². The molecule has 0 aliphatic carbocycles. The largest absolute Gasteiger partial charge is 0.496 e. The molecule has 3 rings (SSSR count). The van der Waals surface area contributed by atoms with Crippen LogP contribution in [0.2, 0.25) is 0 Å². The van der Waals surface area contributed by atoms with Crippen LogP contribution in [0.25, 0.3) is 0 Å². The van der Waals surface area contributed by atoms with E-state index in [0.717, 1.165) is 28.6 Å². The minimum absolute atomic E-state index is 0.0138. The summed E-state index contributed by atoms with van der Waals surface area (Å²) in [6.45, 7) is 2.20. The number of likely N-dealkylation sites (tertiary alicyclic amines) is 1. The number of aromatic nitrogens is 1. The van der Waals surface area contributed by atoms with Crippen LogP contribution >= 0.6 is 15.9 Å². The topological polar surface area (TPSA) is 83.6 Å². The standard InChI is InChI=1S/C21H25BrN4O3/c1-29-18-5-3-2-4-16(18)12-24-20(27)14-26-10-8-15(9-11-26)21(28)25-19-7-6-17(22)13-23-19/h2-7,13,15H,8-12,14H2,1H3,(H,24,27)(H,23,25,28). The molecule has 7 nitrogen and oxygen atoms in total. The number of rotatable bonds is 7. The average Bonchev–Trinajstić information content (AvgIpc) is 2.74. The first kappa shape index (κ1) is 21.3. The third-order valence-electron chi connectivity index (χ3n) is 4.97. The summed E-state index contributed by atoms with van der Waals surface area (Å²) in [5, 5.41) is 5.80. The molecule has 1 aliphatic heterocycles. The number of carbonyl (C=O) groups is 2. The number of hydrogen-bond acceptors (Lipinski definition) is 5. The van der Waals surface area contributed by atoms with E-state index in [1.165, 1.54) is 0 Å². The minimum Gasteiger partial charge on any atom is -0.496 e. The second-order valence-electron chi connectivity index (χ2n) is 6.99. The number of anilines is 1. The molecule has 8 heteroatoms. The van der Waals surface area contributed by atoms with Crippen molar-refractivity contribution in [1.82, 2.24) is 15.2 Å². The number of hydrogen-bond donors (Lipinski definition) is 2. The molecule has 29 heavy (non-hydrogen) atoms. The van der Waals surface area contributed by atoms with Crippen molar-refractivity contribution in [1.29, 1.82) is 0 Å². The number of nitrogens with zero attached hydrogens (tertiary/aromatic N) is 2. The average molecular weight is 461 g/mol. The van der Waals surface area contributed by atoms with Crippen LogP contribution in [-0.4, -0.2) is 48.4 Å². The van der Waals surface area contributed by atoms with Gasteiger partial charge in [-0.3, -0.25) is 14.5 Å². The maximum Gasteiger partial charge on any atom is 0.234 e. The summed E-state index contributed by atoms with van der Waals surface area (Å²) in [6, 6.07) is 11.2. The van der Waals surface area contributed by atoms with Gasteiger partial charge < -0.3 is 15.4 Å². The van der Waals surface area contributed by atoms with Crippen molar-refractivity contribution < 1.29 is 14.3 Å². The van der Waals surface area contributed by atoms with E-state index >= 15 is 0 Å². The van der Waals surface area contributed by atoms with Crippen molar-refractivity contribution in [2.45, 2.75) is 19.4 Å². The van der Waals surface area contributed by atoms with Crippen LogP contribution in [0, 0.1) is 5.92 Å². The van der Waals surface area contributed by atoms with Crippen LogP contribution in [0.4, 0.5) is 5.82 Å². The molecule has 2 aromatic rings. The predicted octanol–water partition coefficient (Wildman–Crippen LogP) is 2.82. The molecule has 154 valence electrons. The number of para-hydroxylation sites is 1. The smallest absolute Gasteiger partial charge is 0.234 e. The number of amides is 2. The molecule has 1 aliphatic rings. The Morgan fingerprint density at radius 1 is 1.21 bits per heavy atom. The lowest BCUT2D eigenvalue weighted by molar-refractivity contribution is -0.123. The number of benzene rings is 1. The van der Waals surface area contributed by atoms with Gasteiger partial charge in [-0.1, -0.05) is 18.2 Å². The highest BCUT2D eigenvalue weighted by Gasteiger charge is 2.26. The zero-order valence-electron chi connectivity index (χ0n) is 16.4. The Morgan fingerprint density at radius 3 is 2.66 bits per heavy atom. The maximum atomic E-state index is 12.4. The number of carbonyl (C=O) groups excluding carboxylic acids is 2. The summed E-state index contributed by atoms with van der Waals surface area (Å²) in [5.74, 6) is 1.21. The van der Waals surface area contributed by atoms with Crippen LogP contribution in [-0.2, 0) is 16.1 Å². The Morgan fingerprint density at radius 2 is 1.97 bits per heavy atom. The Balaban J connectivity index is 1.40. The summed E-state index contributed by atoms with van der Waals surface area (Å²) >= 11 is 3.33. The van der Waals surface area contributed by atoms with E-state index in [1.807, 2.05) is 30.3 Å². The van der Waals surface area contributed by atoms with Crippen molar-refractivity contribution in [3.8, 4) is 5.75 Å². The zero-order valence-corrected chi connectivity index (χ0v) is 17.9. The minimum atomic E-state index is -0.0617. The molecule has 0 saturated carbocycles. The first-order chi connectivity index (χ1) is 14.0. The van der Waals surface area contributed by atoms with Crippen molar-refractivity contribution in [3.05, 3.63) is 52.6 Å². The molecule has 1 aromatic heterocycles. The fourth-order valence-corrected chi connectivity index (χ4v) is 3.57. The Bertz CT molecular complexity index is 836. The van der Waals surface area contributed by atoms with Gasteiger partial charge in [0.15, 0.2) is 0 Å². The van der Waals surface area contributed by atoms with Gasteiger partial charge in [0.05, 0.1) is 13.7 Å². The van der Waals surface area contributed by atoms with E-state index in [1.54, 1.807) is 19.4 Å². The Hall–Kier alpha value is -2.45. The first-order valence-corrected chi connectivity index (χ1v) is 10.4. The molecule has 2 heterocycles. The molecule has 0 atom stereocenters. The molecule has 0 radical (unpaired) electrons. The van der Waals surface area contributed by atoms with Gasteiger partial charge in [-0.15, -0.1) is 0 Å². The Kier molecular flexibility index (Phi) is 7.60. The van der Waals surface area contributed by atoms with E-state index in [4.69, 9.17) is 4.74 Å². The van der Waals surface area contributed by atoms with E-state index in [9.17, 15) is 9.59 Å². The molecule has 1 aromatic carbocycles. The number of methoxy groups -OCH3 is 1. The quantitative estimate of drug-likeness (QED) is 0.663. The number of piperidine rings is 1. The lowest BCUT2D eigenvalue weighted by atomic mass is 9.96. The van der Waals surface area contributed by atoms with Crippen molar-refractivity contribution in [3.63, 3.8) is 0 Å². The molecule has 0 bridgehead atoms. The van der Waals surface area contributed by atoms with E-state index in [0.29, 0.717) is 32.0 Å². The number of ether oxygens (including phenoxy) is 1. The highest BCUT2D eigenvalue weighted by atomic mass is 79.9. The van der Waals surface area contributed by atoms with Crippen LogP contribution in [0.15, 0.2) is 47.1 Å². The molecule has 0 unspecified atom stereocenters. The normalized spacial score (nSPS) is 15.0. The van der Waals surface area contributed by atoms with Gasteiger partial charge in [0.2, 0.25) is 11.8 Å². The van der Waals surface area contributed by atoms with E-state index in [2.05, 4.69) is 36.4 Å². The number of halogens is 1. The van der Waals surface area contributed by atoms with Gasteiger partial charge in [-0.25, -0.2) is 4.98 Å². The molecular weight excluding hydrogens is 436 g/mol. The van der Waals surface area contributed by atoms with Crippen molar-refractivity contribution >= 4 is 33.6 Å². The fourth-order valence-electron chi connectivity index (χ4n) is 3.33. The first-order valence-electron chi connectivity index (χ1n) is 9.58. The SMILES string of the molecule is COc1ccccc1CNC(=O)CN1CCC(C(=O)Nc2ccc(Br)cn2)CC1. The van der Waals surface area contributed by atoms with Gasteiger partial charge in [0, 0.05) is 28.7 Å². The Labute approximate surface area is 179 Å². The molecular formula is C21H25BrN4O3. The summed E-state index contributed by atoms with van der Waals surface area (Å²) in [6.07, 6.45) is 3.10. The number of pyridine rings is 1. The second-order valence-corrected chi connectivity index (χ2v) is 7.91. The van der Waals surface area contributed by atoms with Gasteiger partial charge in [0.1, 0.15) is 11.6 Å². The zero-order chi connectivity index (χ0) is 20.6. The number of nitrogens with one attached hydrogen (secondary N) is 2. The lowest BCUT2D eigenvalue weighted by Crippen LogP contribution is -2.43. The van der Waals surface area contributed by atoms with Gasteiger partial charge in [0.25, 0.3) is 0 Å². The molecule has 0 spiro atoms. The highest BCUT2D eigenvalue weighted by Crippen LogP contribution is 2.20. The molecule has 1 saturated heterocycles. The predicted molar refractivity (Wildman–Crippen MR) is 115 cm³/mol. The third kappa shape index (κ3) is 6.27. The molecule has 1 fully saturated rings. The van der Waals surface area contributed by atoms with Crippen LogP contribution in [0.5, 0.6) is 5.75 Å². The van der Waals surface area contributed by atoms with Crippen LogP contribution < -0.4 is 15.4 Å². The van der Waals surface area contributed by atoms with Crippen LogP contribution in [0.1, 0.15) is 18.4 Å². The van der Waals surface area contributed by atoms with Gasteiger partial charge in [-0.2, -0.15) is 0 Å². The van der Waals surface area contributed by atoms with Gasteiger partial charge in [-0.05, 0) is 60.1 Å². The third-order valence-corrected chi connectivity index (χ3v) is 5.44. The van der Waals surface area contributed by atoms with E-state index < -0.39 is 0 Å². The summed E-state index contributed by atoms with van der Waals surface area (Å²) in [5.41, 5.74) is 0.945. The maximum absolute atomic E-state index is 12.4. The summed E-state index contributed by atoms with van der Waals surface area (Å²) < 4.78 is 6.17. The molecule has 2 amide bonds. The summed E-state index contributed by atoms with van der Waals surface area (Å²) in [4.78, 5) is 31.0. The van der Waals surface area contributed by atoms with Crippen molar-refractivity contribution in [2.75, 3.05) is 32.1 Å². The monoisotopic (exact) mass is 460 g/mol.